The van der Waals surface area contributed by atoms with E-state index in [2.05, 4.69) is 10.2 Å². The Kier molecular flexibility index (Phi) is 6.44. The van der Waals surface area contributed by atoms with Gasteiger partial charge >= 0.3 is 0 Å². The quantitative estimate of drug-likeness (QED) is 0.648. The molecule has 1 N–H and O–H groups in total. The molecular formula is C21H21Cl2N3O2S2. The zero-order valence-electron chi connectivity index (χ0n) is 16.3. The predicted octanol–water partition coefficient (Wildman–Crippen LogP) is 4.62. The number of hydrogen-bond acceptors (Lipinski definition) is 4. The Balaban J connectivity index is 1.39. The zero-order valence-corrected chi connectivity index (χ0v) is 19.5. The Bertz CT molecular complexity index is 1060. The lowest BCUT2D eigenvalue weighted by Gasteiger charge is -2.43. The van der Waals surface area contributed by atoms with Crippen molar-refractivity contribution in [3.05, 3.63) is 62.5 Å². The van der Waals surface area contributed by atoms with Crippen molar-refractivity contribution >= 4 is 63.1 Å². The molecule has 0 radical (unpaired) electrons. The first-order chi connectivity index (χ1) is 14.3. The monoisotopic (exact) mass is 481 g/mol. The van der Waals surface area contributed by atoms with Gasteiger partial charge in [0, 0.05) is 42.3 Å². The third kappa shape index (κ3) is 4.54. The van der Waals surface area contributed by atoms with Crippen LogP contribution >= 0.6 is 47.2 Å². The zero-order chi connectivity index (χ0) is 21.4. The van der Waals surface area contributed by atoms with E-state index in [1.54, 1.807) is 24.3 Å². The van der Waals surface area contributed by atoms with E-state index in [1.807, 2.05) is 23.6 Å². The summed E-state index contributed by atoms with van der Waals surface area (Å²) < 4.78 is 2.61. The Hall–Kier alpha value is -1.54. The number of carbonyl (C=O) groups excluding carboxylic acids is 1. The minimum Gasteiger partial charge on any atom is -0.356 e. The van der Waals surface area contributed by atoms with Crippen LogP contribution in [0.5, 0.6) is 0 Å². The number of amides is 1. The van der Waals surface area contributed by atoms with Crippen LogP contribution in [0.4, 0.5) is 5.69 Å². The van der Waals surface area contributed by atoms with Crippen LogP contribution in [-0.4, -0.2) is 38.0 Å². The normalized spacial score (nSPS) is 21.0. The van der Waals surface area contributed by atoms with Crippen molar-refractivity contribution in [1.82, 2.24) is 9.47 Å². The van der Waals surface area contributed by atoms with Gasteiger partial charge in [-0.2, -0.15) is 0 Å². The number of rotatable bonds is 3. The van der Waals surface area contributed by atoms with Gasteiger partial charge in [0.15, 0.2) is 0 Å². The first kappa shape index (κ1) is 21.7. The molecule has 9 heteroatoms. The highest BCUT2D eigenvalue weighted by Crippen LogP contribution is 2.36. The van der Waals surface area contributed by atoms with Gasteiger partial charge in [-0.25, -0.2) is 0 Å². The average Bonchev–Trinajstić information content (AvgIpc) is 2.70. The first-order valence-electron chi connectivity index (χ1n) is 9.73. The Morgan fingerprint density at radius 2 is 2.03 bits per heavy atom. The Labute approximate surface area is 194 Å². The molecule has 0 unspecified atom stereocenters. The molecule has 3 heterocycles. The van der Waals surface area contributed by atoms with Crippen LogP contribution in [0, 0.1) is 5.92 Å². The van der Waals surface area contributed by atoms with E-state index in [-0.39, 0.29) is 22.6 Å². The third-order valence-corrected chi connectivity index (χ3v) is 7.70. The fourth-order valence-corrected chi connectivity index (χ4v) is 5.95. The van der Waals surface area contributed by atoms with Crippen molar-refractivity contribution < 1.29 is 4.79 Å². The van der Waals surface area contributed by atoms with Gasteiger partial charge < -0.3 is 14.8 Å². The van der Waals surface area contributed by atoms with Crippen LogP contribution in [0.3, 0.4) is 0 Å². The second kappa shape index (κ2) is 8.91. The number of aromatic nitrogens is 1. The summed E-state index contributed by atoms with van der Waals surface area (Å²) in [6.45, 7) is 4.12. The van der Waals surface area contributed by atoms with E-state index in [1.165, 1.54) is 11.8 Å². The molecule has 3 atom stereocenters. The van der Waals surface area contributed by atoms with Crippen molar-refractivity contribution in [2.24, 2.45) is 5.92 Å². The van der Waals surface area contributed by atoms with Crippen LogP contribution in [0.1, 0.15) is 25.0 Å². The molecule has 2 aromatic rings. The second-order valence-corrected chi connectivity index (χ2v) is 10.6. The Morgan fingerprint density at radius 1 is 1.23 bits per heavy atom. The van der Waals surface area contributed by atoms with Crippen LogP contribution < -0.4 is 10.9 Å². The first-order valence-corrected chi connectivity index (χ1v) is 11.8. The maximum atomic E-state index is 12.6. The highest BCUT2D eigenvalue weighted by molar-refractivity contribution is 8.23. The molecule has 0 saturated carbocycles. The number of nitrogens with zero attached hydrogens (tertiary/aromatic N) is 2. The number of nitrogens with one attached hydrogen (secondary N) is 1. The molecule has 2 aliphatic rings. The largest absolute Gasteiger partial charge is 0.356 e. The van der Waals surface area contributed by atoms with E-state index < -0.39 is 0 Å². The van der Waals surface area contributed by atoms with Crippen LogP contribution in [0.15, 0.2) is 41.2 Å². The van der Waals surface area contributed by atoms with Crippen molar-refractivity contribution in [3.8, 4) is 0 Å². The predicted molar refractivity (Wildman–Crippen MR) is 128 cm³/mol. The summed E-state index contributed by atoms with van der Waals surface area (Å²) in [5.41, 5.74) is 1.68. The number of piperidine rings is 1. The van der Waals surface area contributed by atoms with Gasteiger partial charge in [0.1, 0.15) is 4.32 Å². The van der Waals surface area contributed by atoms with E-state index in [0.717, 1.165) is 31.7 Å². The molecule has 1 aromatic heterocycles. The maximum absolute atomic E-state index is 12.6. The molecule has 1 saturated heterocycles. The van der Waals surface area contributed by atoms with Gasteiger partial charge in [0.2, 0.25) is 5.91 Å². The molecule has 1 aromatic carbocycles. The summed E-state index contributed by atoms with van der Waals surface area (Å²) in [6, 6.07) is 10.4. The van der Waals surface area contributed by atoms with Crippen LogP contribution in [0.25, 0.3) is 0 Å². The van der Waals surface area contributed by atoms with Gasteiger partial charge in [0.25, 0.3) is 5.56 Å². The molecular weight excluding hydrogens is 461 g/mol. The SMILES string of the molecule is C[C@@H](SC(=S)N1C[C@@H]2C[C@@H](C1)c1cccc(=O)n1C2)C(=O)Nc1ccc(Cl)cc1Cl. The molecule has 1 fully saturated rings. The number of benzene rings is 1. The number of thioether (sulfide) groups is 1. The highest BCUT2D eigenvalue weighted by atomic mass is 35.5. The van der Waals surface area contributed by atoms with Crippen molar-refractivity contribution in [1.29, 1.82) is 0 Å². The number of pyridine rings is 1. The van der Waals surface area contributed by atoms with Crippen molar-refractivity contribution in [2.75, 3.05) is 18.4 Å². The number of thiocarbonyl (C=S) groups is 1. The summed E-state index contributed by atoms with van der Waals surface area (Å²) in [5, 5.41) is 3.38. The van der Waals surface area contributed by atoms with Crippen molar-refractivity contribution in [3.63, 3.8) is 0 Å². The van der Waals surface area contributed by atoms with Crippen molar-refractivity contribution in [2.45, 2.75) is 31.1 Å². The lowest BCUT2D eigenvalue weighted by Crippen LogP contribution is -2.48. The summed E-state index contributed by atoms with van der Waals surface area (Å²) in [6.07, 6.45) is 1.07. The number of halogens is 2. The van der Waals surface area contributed by atoms with Crippen LogP contribution in [0.2, 0.25) is 10.0 Å². The van der Waals surface area contributed by atoms with Crippen LogP contribution in [-0.2, 0) is 11.3 Å². The summed E-state index contributed by atoms with van der Waals surface area (Å²) in [7, 11) is 0. The highest BCUT2D eigenvalue weighted by Gasteiger charge is 2.35. The standard InChI is InChI=1S/C21H21Cl2N3O2S2/c1-12(20(28)24-17-6-5-15(22)8-16(17)23)30-21(29)25-9-13-7-14(11-25)18-3-2-4-19(27)26(18)10-13/h2-6,8,12-14H,7,9-11H2,1H3,(H,24,28)/t12-,13+,14+/m1/s1. The lowest BCUT2D eigenvalue weighted by atomic mass is 9.83. The number of carbonyl (C=O) groups is 1. The molecule has 5 nitrogen and oxygen atoms in total. The smallest absolute Gasteiger partial charge is 0.250 e. The average molecular weight is 482 g/mol. The fraction of sp³-hybridized carbons (Fsp3) is 0.381. The van der Waals surface area contributed by atoms with Gasteiger partial charge in [-0.3, -0.25) is 9.59 Å². The minimum atomic E-state index is -0.374. The third-order valence-electron chi connectivity index (χ3n) is 5.57. The van der Waals surface area contributed by atoms with Gasteiger partial charge in [-0.1, -0.05) is 53.2 Å². The fourth-order valence-electron chi connectivity index (χ4n) is 4.15. The summed E-state index contributed by atoms with van der Waals surface area (Å²) >= 11 is 19.1. The van der Waals surface area contributed by atoms with E-state index >= 15 is 0 Å². The number of hydrogen-bond donors (Lipinski definition) is 1. The van der Waals surface area contributed by atoms with E-state index in [9.17, 15) is 9.59 Å². The van der Waals surface area contributed by atoms with Gasteiger partial charge in [-0.05, 0) is 43.5 Å². The van der Waals surface area contributed by atoms with Gasteiger partial charge in [-0.15, -0.1) is 0 Å². The lowest BCUT2D eigenvalue weighted by molar-refractivity contribution is -0.115. The topological polar surface area (TPSA) is 54.3 Å². The number of fused-ring (bicyclic) bond motifs is 4. The molecule has 1 amide bonds. The molecule has 2 bridgehead atoms. The second-order valence-electron chi connectivity index (χ2n) is 7.74. The molecule has 158 valence electrons. The summed E-state index contributed by atoms with van der Waals surface area (Å²) in [4.78, 5) is 27.0. The number of anilines is 1. The number of likely N-dealkylation sites (tertiary alicyclic amines) is 1. The summed E-state index contributed by atoms with van der Waals surface area (Å²) in [5.74, 6) is 0.495. The molecule has 4 rings (SSSR count). The minimum absolute atomic E-state index is 0.0683. The molecule has 2 aliphatic heterocycles. The molecule has 0 spiro atoms. The van der Waals surface area contributed by atoms with Gasteiger partial charge in [0.05, 0.1) is 16.0 Å². The molecule has 30 heavy (non-hydrogen) atoms. The Morgan fingerprint density at radius 3 is 2.80 bits per heavy atom. The van der Waals surface area contributed by atoms with E-state index in [4.69, 9.17) is 35.4 Å². The maximum Gasteiger partial charge on any atom is 0.250 e. The van der Waals surface area contributed by atoms with E-state index in [0.29, 0.717) is 26.0 Å². The molecule has 0 aliphatic carbocycles.